The van der Waals surface area contributed by atoms with Gasteiger partial charge in [0.2, 0.25) is 0 Å². The fourth-order valence-electron chi connectivity index (χ4n) is 7.95. The predicted molar refractivity (Wildman–Crippen MR) is 113 cm³/mol. The molecule has 4 aliphatic carbocycles. The zero-order valence-corrected chi connectivity index (χ0v) is 18.9. The molecule has 1 heterocycles. The molecule has 2 N–H and O–H groups in total. The number of hydrogen-bond donors (Lipinski definition) is 2. The van der Waals surface area contributed by atoms with Crippen LogP contribution in [0.4, 0.5) is 0 Å². The number of aliphatic hydroxyl groups is 2. The van der Waals surface area contributed by atoms with E-state index in [-0.39, 0.29) is 42.5 Å². The van der Waals surface area contributed by atoms with Gasteiger partial charge in [0.25, 0.3) is 0 Å². The number of fused-ring (bicyclic) bond motifs is 5. The molecule has 3 fully saturated rings. The number of Topliss-reactive ketones (excluding diaryl/α,β-unsaturated/α-hetero) is 1. The Hall–Kier alpha value is -1.99. The topological polar surface area (TPSA) is 110 Å². The van der Waals surface area contributed by atoms with Gasteiger partial charge < -0.3 is 19.7 Å². The molecule has 5 aliphatic rings. The highest BCUT2D eigenvalue weighted by molar-refractivity contribution is 5.89. The second-order valence-corrected chi connectivity index (χ2v) is 11.0. The van der Waals surface area contributed by atoms with Crippen LogP contribution in [0.2, 0.25) is 0 Å². The van der Waals surface area contributed by atoms with Crippen LogP contribution in [0.15, 0.2) is 23.3 Å². The van der Waals surface area contributed by atoms with Crippen LogP contribution in [0.3, 0.4) is 0 Å². The van der Waals surface area contributed by atoms with Gasteiger partial charge in [-0.3, -0.25) is 9.59 Å². The van der Waals surface area contributed by atoms with Gasteiger partial charge >= 0.3 is 11.9 Å². The van der Waals surface area contributed by atoms with Crippen LogP contribution in [0, 0.1) is 28.6 Å². The lowest BCUT2D eigenvalue weighted by atomic mass is 9.42. The molecule has 0 saturated heterocycles. The Morgan fingerprint density at radius 2 is 2.00 bits per heavy atom. The summed E-state index contributed by atoms with van der Waals surface area (Å²) in [6.45, 7) is 5.55. The maximum absolute atomic E-state index is 13.8. The molecule has 174 valence electrons. The molecule has 0 bridgehead atoms. The summed E-state index contributed by atoms with van der Waals surface area (Å²) in [6.07, 6.45) is 5.19. The summed E-state index contributed by atoms with van der Waals surface area (Å²) in [6, 6.07) is 0. The van der Waals surface area contributed by atoms with Crippen molar-refractivity contribution < 1.29 is 34.1 Å². The van der Waals surface area contributed by atoms with Crippen LogP contribution in [0.25, 0.3) is 0 Å². The van der Waals surface area contributed by atoms with Crippen molar-refractivity contribution in [3.63, 3.8) is 0 Å². The van der Waals surface area contributed by atoms with Gasteiger partial charge in [0, 0.05) is 36.3 Å². The second-order valence-electron chi connectivity index (χ2n) is 11.0. The van der Waals surface area contributed by atoms with E-state index in [1.807, 2.05) is 13.0 Å². The number of carbonyl (C=O) groups is 3. The lowest BCUT2D eigenvalue weighted by Gasteiger charge is -2.62. The van der Waals surface area contributed by atoms with Crippen molar-refractivity contribution in [1.82, 2.24) is 0 Å². The highest BCUT2D eigenvalue weighted by Gasteiger charge is 2.69. The van der Waals surface area contributed by atoms with Crippen LogP contribution in [0.1, 0.15) is 59.3 Å². The van der Waals surface area contributed by atoms with Gasteiger partial charge in [-0.25, -0.2) is 4.79 Å². The third-order valence-electron chi connectivity index (χ3n) is 9.45. The van der Waals surface area contributed by atoms with Gasteiger partial charge in [0.05, 0.1) is 11.7 Å². The standard InChI is InChI=1S/C25H32O7/c1-13(26)32-20-11-23(2)15(9-18(20)27)4-5-17-22(23)19(28)10-24(3)16(6-7-25(17,24)30)14-8-21(29)31-12-14/h6,8,15,17-18,20,22,27,30H,4-5,7,9-12H2,1-3H3/t15-,17-,18-,20+,22-,23+,24-,25+/m1/s1. The molecular formula is C25H32O7. The van der Waals surface area contributed by atoms with Crippen LogP contribution >= 0.6 is 0 Å². The second kappa shape index (κ2) is 7.00. The molecule has 0 unspecified atom stereocenters. The Balaban J connectivity index is 1.50. The fraction of sp³-hybridized carbons (Fsp3) is 0.720. The van der Waals surface area contributed by atoms with E-state index in [4.69, 9.17) is 9.47 Å². The molecule has 1 aliphatic heterocycles. The van der Waals surface area contributed by atoms with Crippen molar-refractivity contribution in [3.05, 3.63) is 23.3 Å². The molecule has 0 aromatic carbocycles. The quantitative estimate of drug-likeness (QED) is 0.629. The van der Waals surface area contributed by atoms with E-state index < -0.39 is 34.6 Å². The molecule has 0 aromatic rings. The Morgan fingerprint density at radius 1 is 1.25 bits per heavy atom. The molecular weight excluding hydrogens is 412 g/mol. The van der Waals surface area contributed by atoms with Gasteiger partial charge in [0.15, 0.2) is 0 Å². The lowest BCUT2D eigenvalue weighted by molar-refractivity contribution is -0.211. The molecule has 32 heavy (non-hydrogen) atoms. The number of hydrogen-bond acceptors (Lipinski definition) is 7. The Kier molecular flexibility index (Phi) is 4.78. The van der Waals surface area contributed by atoms with Crippen molar-refractivity contribution >= 4 is 17.7 Å². The molecule has 0 aromatic heterocycles. The number of ketones is 1. The molecule has 0 amide bonds. The number of carbonyl (C=O) groups excluding carboxylic acids is 3. The summed E-state index contributed by atoms with van der Waals surface area (Å²) < 4.78 is 10.5. The average molecular weight is 445 g/mol. The van der Waals surface area contributed by atoms with Gasteiger partial charge in [-0.2, -0.15) is 0 Å². The normalized spacial score (nSPS) is 47.6. The zero-order valence-electron chi connectivity index (χ0n) is 18.9. The monoisotopic (exact) mass is 444 g/mol. The molecule has 5 rings (SSSR count). The summed E-state index contributed by atoms with van der Waals surface area (Å²) >= 11 is 0. The van der Waals surface area contributed by atoms with Crippen LogP contribution in [-0.2, 0) is 23.9 Å². The van der Waals surface area contributed by atoms with E-state index >= 15 is 0 Å². The van der Waals surface area contributed by atoms with Crippen molar-refractivity contribution in [3.8, 4) is 0 Å². The molecule has 8 atom stereocenters. The Labute approximate surface area is 187 Å². The van der Waals surface area contributed by atoms with E-state index in [2.05, 4.69) is 6.92 Å². The van der Waals surface area contributed by atoms with Gasteiger partial charge in [-0.05, 0) is 54.9 Å². The smallest absolute Gasteiger partial charge is 0.331 e. The van der Waals surface area contributed by atoms with Crippen LogP contribution in [0.5, 0.6) is 0 Å². The Morgan fingerprint density at radius 3 is 2.66 bits per heavy atom. The van der Waals surface area contributed by atoms with E-state index in [1.54, 1.807) is 0 Å². The highest BCUT2D eigenvalue weighted by atomic mass is 16.6. The maximum Gasteiger partial charge on any atom is 0.331 e. The number of esters is 2. The minimum absolute atomic E-state index is 0.117. The van der Waals surface area contributed by atoms with E-state index in [0.29, 0.717) is 25.7 Å². The molecule has 3 saturated carbocycles. The largest absolute Gasteiger partial charge is 0.460 e. The minimum Gasteiger partial charge on any atom is -0.460 e. The lowest BCUT2D eigenvalue weighted by Crippen LogP contribution is -2.66. The summed E-state index contributed by atoms with van der Waals surface area (Å²) in [4.78, 5) is 37.1. The summed E-state index contributed by atoms with van der Waals surface area (Å²) in [5.41, 5.74) is -0.686. The van der Waals surface area contributed by atoms with Gasteiger partial charge in [-0.1, -0.05) is 19.9 Å². The van der Waals surface area contributed by atoms with E-state index in [1.165, 1.54) is 13.0 Å². The average Bonchev–Trinajstić information content (AvgIpc) is 3.23. The molecule has 0 spiro atoms. The number of aliphatic hydroxyl groups excluding tert-OH is 1. The predicted octanol–water partition coefficient (Wildman–Crippen LogP) is 2.25. The minimum atomic E-state index is -1.09. The van der Waals surface area contributed by atoms with Gasteiger partial charge in [0.1, 0.15) is 18.5 Å². The van der Waals surface area contributed by atoms with Crippen molar-refractivity contribution in [2.75, 3.05) is 6.61 Å². The van der Waals surface area contributed by atoms with Crippen molar-refractivity contribution in [2.24, 2.45) is 28.6 Å². The van der Waals surface area contributed by atoms with E-state index in [9.17, 15) is 24.6 Å². The molecule has 7 nitrogen and oxygen atoms in total. The SMILES string of the molecule is CC(=O)O[C@H]1C[C@@]2(C)[C@H](CC[C@@H]3[C@@H]2C(=O)C[C@]2(C)C(C4=CC(=O)OC4)=CC[C@]32O)C[C@H]1O. The maximum atomic E-state index is 13.8. The van der Waals surface area contributed by atoms with Crippen LogP contribution < -0.4 is 0 Å². The molecule has 0 radical (unpaired) electrons. The van der Waals surface area contributed by atoms with E-state index in [0.717, 1.165) is 17.6 Å². The number of cyclic esters (lactones) is 1. The zero-order chi connectivity index (χ0) is 23.1. The first kappa shape index (κ1) is 21.8. The number of rotatable bonds is 2. The first-order valence-electron chi connectivity index (χ1n) is 11.7. The Bertz CT molecular complexity index is 950. The van der Waals surface area contributed by atoms with Crippen molar-refractivity contribution in [2.45, 2.75) is 77.1 Å². The fourth-order valence-corrected chi connectivity index (χ4v) is 7.95. The van der Waals surface area contributed by atoms with Crippen LogP contribution in [-0.4, -0.2) is 52.4 Å². The summed E-state index contributed by atoms with van der Waals surface area (Å²) in [7, 11) is 0. The first-order chi connectivity index (χ1) is 15.0. The van der Waals surface area contributed by atoms with Gasteiger partial charge in [-0.15, -0.1) is 0 Å². The summed E-state index contributed by atoms with van der Waals surface area (Å²) in [5, 5.41) is 22.7. The first-order valence-corrected chi connectivity index (χ1v) is 11.7. The highest BCUT2D eigenvalue weighted by Crippen LogP contribution is 2.67. The molecule has 7 heteroatoms. The third-order valence-corrected chi connectivity index (χ3v) is 9.45. The summed E-state index contributed by atoms with van der Waals surface area (Å²) in [5.74, 6) is -1.14. The third kappa shape index (κ3) is 2.83. The van der Waals surface area contributed by atoms with Crippen molar-refractivity contribution in [1.29, 1.82) is 0 Å². The number of ether oxygens (including phenoxy) is 2.